The van der Waals surface area contributed by atoms with E-state index in [1.165, 1.54) is 31.3 Å². The Morgan fingerprint density at radius 1 is 1.19 bits per heavy atom. The van der Waals surface area contributed by atoms with Gasteiger partial charge in [-0.15, -0.1) is 6.58 Å². The fourth-order valence-corrected chi connectivity index (χ4v) is 5.93. The van der Waals surface area contributed by atoms with Crippen LogP contribution in [-0.2, 0) is 0 Å². The predicted molar refractivity (Wildman–Crippen MR) is 89.0 cm³/mol. The van der Waals surface area contributed by atoms with Crippen molar-refractivity contribution >= 4 is 0 Å². The summed E-state index contributed by atoms with van der Waals surface area (Å²) in [5.41, 5.74) is 2.03. The van der Waals surface area contributed by atoms with Crippen molar-refractivity contribution in [1.29, 1.82) is 0 Å². The van der Waals surface area contributed by atoms with Gasteiger partial charge in [0.1, 0.15) is 0 Å². The Morgan fingerprint density at radius 3 is 2.57 bits per heavy atom. The quantitative estimate of drug-likeness (QED) is 0.665. The number of fused-ring (bicyclic) bond motifs is 3. The molecular weight excluding hydrogens is 256 g/mol. The lowest BCUT2D eigenvalue weighted by Crippen LogP contribution is -2.53. The van der Waals surface area contributed by atoms with Gasteiger partial charge in [-0.05, 0) is 60.3 Å². The van der Waals surface area contributed by atoms with Gasteiger partial charge in [-0.3, -0.25) is 0 Å². The normalized spacial score (nSPS) is 48.8. The minimum atomic E-state index is -0.323. The topological polar surface area (TPSA) is 20.2 Å². The van der Waals surface area contributed by atoms with Crippen molar-refractivity contribution in [2.24, 2.45) is 28.1 Å². The van der Waals surface area contributed by atoms with E-state index >= 15 is 0 Å². The van der Waals surface area contributed by atoms with E-state index in [4.69, 9.17) is 0 Å². The van der Waals surface area contributed by atoms with Gasteiger partial charge in [0.25, 0.3) is 0 Å². The first-order valence-electron chi connectivity index (χ1n) is 8.76. The van der Waals surface area contributed by atoms with E-state index in [0.29, 0.717) is 16.7 Å². The molecule has 21 heavy (non-hydrogen) atoms. The van der Waals surface area contributed by atoms with Crippen LogP contribution in [0.25, 0.3) is 0 Å². The molecule has 0 aliphatic heterocycles. The van der Waals surface area contributed by atoms with Gasteiger partial charge in [0.15, 0.2) is 0 Å². The number of rotatable bonds is 1. The molecule has 5 atom stereocenters. The molecule has 0 aromatic rings. The molecule has 2 fully saturated rings. The van der Waals surface area contributed by atoms with Crippen molar-refractivity contribution in [2.45, 2.75) is 72.3 Å². The Morgan fingerprint density at radius 2 is 1.90 bits per heavy atom. The molecule has 0 unspecified atom stereocenters. The summed E-state index contributed by atoms with van der Waals surface area (Å²) >= 11 is 0. The first kappa shape index (κ1) is 15.3. The molecule has 0 saturated heterocycles. The van der Waals surface area contributed by atoms with Crippen LogP contribution in [0.15, 0.2) is 24.3 Å². The second-order valence-electron chi connectivity index (χ2n) is 9.04. The maximum atomic E-state index is 10.9. The Balaban J connectivity index is 2.00. The number of hydrogen-bond acceptors (Lipinski definition) is 1. The second kappa shape index (κ2) is 4.72. The van der Waals surface area contributed by atoms with E-state index in [0.717, 1.165) is 18.8 Å². The molecule has 0 aromatic heterocycles. The third-order valence-corrected chi connectivity index (χ3v) is 7.44. The van der Waals surface area contributed by atoms with E-state index in [9.17, 15) is 5.11 Å². The Hall–Kier alpha value is -0.560. The maximum Gasteiger partial charge on any atom is 0.0840 e. The molecule has 3 aliphatic carbocycles. The molecule has 118 valence electrons. The minimum Gasteiger partial charge on any atom is -0.388 e. The largest absolute Gasteiger partial charge is 0.388 e. The Kier molecular flexibility index (Phi) is 3.44. The molecule has 1 N–H and O–H groups in total. The molecule has 0 bridgehead atoms. The maximum absolute atomic E-state index is 10.9. The van der Waals surface area contributed by atoms with Crippen LogP contribution < -0.4 is 0 Å². The summed E-state index contributed by atoms with van der Waals surface area (Å²) in [5.74, 6) is 1.35. The fourth-order valence-electron chi connectivity index (χ4n) is 5.93. The highest BCUT2D eigenvalue weighted by atomic mass is 16.3. The van der Waals surface area contributed by atoms with Crippen molar-refractivity contribution in [3.8, 4) is 0 Å². The molecule has 1 nitrogen and oxygen atoms in total. The lowest BCUT2D eigenvalue weighted by molar-refractivity contribution is -0.0681. The Bertz CT molecular complexity index is 474. The standard InChI is InChI=1S/C20H32O/c1-6-19(4)13-10-15-14(17(19)21)8-9-16-18(2,3)11-7-12-20(15,16)5/h6,8,15-17,21H,1,7,9-13H2,2-5H3/t15-,16-,17+,19-,20+/m0/s1. The van der Waals surface area contributed by atoms with Crippen LogP contribution in [0.2, 0.25) is 0 Å². The monoisotopic (exact) mass is 288 g/mol. The zero-order valence-corrected chi connectivity index (χ0v) is 14.3. The van der Waals surface area contributed by atoms with Crippen LogP contribution in [0.1, 0.15) is 66.2 Å². The van der Waals surface area contributed by atoms with Gasteiger partial charge in [-0.1, -0.05) is 46.3 Å². The lowest BCUT2D eigenvalue weighted by Gasteiger charge is -2.60. The molecule has 3 aliphatic rings. The third-order valence-electron chi connectivity index (χ3n) is 7.44. The van der Waals surface area contributed by atoms with E-state index in [1.54, 1.807) is 0 Å². The van der Waals surface area contributed by atoms with Crippen LogP contribution in [0.4, 0.5) is 0 Å². The number of hydrogen-bond donors (Lipinski definition) is 1. The SMILES string of the molecule is C=C[C@@]1(C)CC[C@H]2C(=CC[C@H]3C(C)(C)CCC[C@]23C)[C@H]1O. The number of aliphatic hydroxyl groups is 1. The van der Waals surface area contributed by atoms with E-state index in [1.807, 2.05) is 6.08 Å². The smallest absolute Gasteiger partial charge is 0.0840 e. The highest BCUT2D eigenvalue weighted by Crippen LogP contribution is 2.63. The molecule has 3 rings (SSSR count). The van der Waals surface area contributed by atoms with Crippen molar-refractivity contribution in [3.63, 3.8) is 0 Å². The molecule has 0 radical (unpaired) electrons. The molecule has 0 spiro atoms. The predicted octanol–water partition coefficient (Wildman–Crippen LogP) is 5.11. The second-order valence-corrected chi connectivity index (χ2v) is 9.04. The lowest BCUT2D eigenvalue weighted by atomic mass is 9.45. The molecule has 1 heteroatoms. The first-order valence-corrected chi connectivity index (χ1v) is 8.76. The van der Waals surface area contributed by atoms with Crippen molar-refractivity contribution < 1.29 is 5.11 Å². The summed E-state index contributed by atoms with van der Waals surface area (Å²) in [5, 5.41) is 10.9. The first-order chi connectivity index (χ1) is 9.74. The molecule has 2 saturated carbocycles. The highest BCUT2D eigenvalue weighted by molar-refractivity contribution is 5.29. The fraction of sp³-hybridized carbons (Fsp3) is 0.800. The highest BCUT2D eigenvalue weighted by Gasteiger charge is 2.56. The number of aliphatic hydroxyl groups excluding tert-OH is 1. The summed E-state index contributed by atoms with van der Waals surface area (Å²) in [7, 11) is 0. The van der Waals surface area contributed by atoms with E-state index in [2.05, 4.69) is 40.3 Å². The molecular formula is C20H32O. The zero-order valence-electron chi connectivity index (χ0n) is 14.3. The average molecular weight is 288 g/mol. The van der Waals surface area contributed by atoms with Crippen LogP contribution >= 0.6 is 0 Å². The summed E-state index contributed by atoms with van der Waals surface area (Å²) in [6.45, 7) is 13.6. The summed E-state index contributed by atoms with van der Waals surface area (Å²) in [6.07, 6.45) is 11.5. The van der Waals surface area contributed by atoms with Crippen molar-refractivity contribution in [3.05, 3.63) is 24.3 Å². The van der Waals surface area contributed by atoms with Crippen LogP contribution in [-0.4, -0.2) is 11.2 Å². The van der Waals surface area contributed by atoms with Gasteiger partial charge in [0, 0.05) is 5.41 Å². The van der Waals surface area contributed by atoms with Crippen LogP contribution in [0.5, 0.6) is 0 Å². The van der Waals surface area contributed by atoms with Crippen LogP contribution in [0.3, 0.4) is 0 Å². The van der Waals surface area contributed by atoms with E-state index < -0.39 is 0 Å². The van der Waals surface area contributed by atoms with Gasteiger partial charge in [0.05, 0.1) is 6.10 Å². The van der Waals surface area contributed by atoms with Crippen molar-refractivity contribution in [2.75, 3.05) is 0 Å². The van der Waals surface area contributed by atoms with E-state index in [-0.39, 0.29) is 11.5 Å². The molecule has 0 aromatic carbocycles. The van der Waals surface area contributed by atoms with Gasteiger partial charge in [-0.2, -0.15) is 0 Å². The minimum absolute atomic E-state index is 0.129. The van der Waals surface area contributed by atoms with Gasteiger partial charge in [-0.25, -0.2) is 0 Å². The third kappa shape index (κ3) is 2.07. The van der Waals surface area contributed by atoms with Gasteiger partial charge in [0.2, 0.25) is 0 Å². The van der Waals surface area contributed by atoms with Gasteiger partial charge < -0.3 is 5.11 Å². The average Bonchev–Trinajstić information content (AvgIpc) is 2.42. The summed E-state index contributed by atoms with van der Waals surface area (Å²) in [6, 6.07) is 0. The number of allylic oxidation sites excluding steroid dienone is 1. The Labute approximate surface area is 130 Å². The summed E-state index contributed by atoms with van der Waals surface area (Å²) in [4.78, 5) is 0. The van der Waals surface area contributed by atoms with Crippen LogP contribution in [0, 0.1) is 28.1 Å². The zero-order chi connectivity index (χ0) is 15.5. The summed E-state index contributed by atoms with van der Waals surface area (Å²) < 4.78 is 0. The van der Waals surface area contributed by atoms with Crippen molar-refractivity contribution in [1.82, 2.24) is 0 Å². The molecule has 0 amide bonds. The van der Waals surface area contributed by atoms with Gasteiger partial charge >= 0.3 is 0 Å². The molecule has 0 heterocycles.